The molecule has 1 aliphatic carbocycles. The summed E-state index contributed by atoms with van der Waals surface area (Å²) >= 11 is 0. The van der Waals surface area contributed by atoms with Crippen molar-refractivity contribution in [3.8, 4) is 0 Å². The maximum atomic E-state index is 3.84. The van der Waals surface area contributed by atoms with Crippen molar-refractivity contribution in [2.24, 2.45) is 11.8 Å². The van der Waals surface area contributed by atoms with Crippen molar-refractivity contribution in [2.45, 2.75) is 84.6 Å². The number of unbranched alkanes of at least 4 members (excludes halogenated alkanes) is 1. The maximum Gasteiger partial charge on any atom is 0.00672 e. The van der Waals surface area contributed by atoms with Crippen molar-refractivity contribution in [3.05, 3.63) is 0 Å². The van der Waals surface area contributed by atoms with Gasteiger partial charge in [-0.1, -0.05) is 52.9 Å². The zero-order chi connectivity index (χ0) is 12.5. The summed E-state index contributed by atoms with van der Waals surface area (Å²) in [4.78, 5) is 0. The van der Waals surface area contributed by atoms with E-state index >= 15 is 0 Å². The van der Waals surface area contributed by atoms with Gasteiger partial charge in [0.1, 0.15) is 0 Å². The van der Waals surface area contributed by atoms with Crippen LogP contribution >= 0.6 is 0 Å². The molecular weight excluding hydrogens is 206 g/mol. The molecule has 1 N–H and O–H groups in total. The summed E-state index contributed by atoms with van der Waals surface area (Å²) < 4.78 is 0. The minimum absolute atomic E-state index is 0.815. The van der Waals surface area contributed by atoms with E-state index in [2.05, 4.69) is 26.1 Å². The van der Waals surface area contributed by atoms with E-state index in [4.69, 9.17) is 0 Å². The van der Waals surface area contributed by atoms with Crippen LogP contribution in [0.25, 0.3) is 0 Å². The molecule has 0 saturated heterocycles. The van der Waals surface area contributed by atoms with Crippen molar-refractivity contribution >= 4 is 0 Å². The molecule has 0 aliphatic heterocycles. The lowest BCUT2D eigenvalue weighted by molar-refractivity contribution is 0.368. The van der Waals surface area contributed by atoms with Gasteiger partial charge >= 0.3 is 0 Å². The first kappa shape index (κ1) is 15.0. The van der Waals surface area contributed by atoms with Crippen LogP contribution < -0.4 is 5.32 Å². The van der Waals surface area contributed by atoms with Gasteiger partial charge in [0, 0.05) is 6.04 Å². The number of rotatable bonds is 7. The fourth-order valence-electron chi connectivity index (χ4n) is 2.97. The van der Waals surface area contributed by atoms with Crippen LogP contribution in [0.4, 0.5) is 0 Å². The molecule has 3 unspecified atom stereocenters. The van der Waals surface area contributed by atoms with E-state index in [1.807, 2.05) is 0 Å². The lowest BCUT2D eigenvalue weighted by atomic mass is 9.98. The topological polar surface area (TPSA) is 12.0 Å². The maximum absolute atomic E-state index is 3.84. The van der Waals surface area contributed by atoms with Crippen LogP contribution in [0.2, 0.25) is 0 Å². The molecule has 0 heterocycles. The summed E-state index contributed by atoms with van der Waals surface area (Å²) in [7, 11) is 0. The third-order valence-corrected chi connectivity index (χ3v) is 4.50. The van der Waals surface area contributed by atoms with Gasteiger partial charge in [0.05, 0.1) is 0 Å². The summed E-state index contributed by atoms with van der Waals surface area (Å²) in [5.41, 5.74) is 0. The molecule has 0 aromatic carbocycles. The second-order valence-corrected chi connectivity index (χ2v) is 6.14. The zero-order valence-electron chi connectivity index (χ0n) is 12.3. The highest BCUT2D eigenvalue weighted by Crippen LogP contribution is 2.23. The zero-order valence-corrected chi connectivity index (χ0v) is 12.3. The number of hydrogen-bond donors (Lipinski definition) is 1. The largest absolute Gasteiger partial charge is 0.314 e. The van der Waals surface area contributed by atoms with Gasteiger partial charge in [-0.05, 0) is 44.1 Å². The van der Waals surface area contributed by atoms with Crippen LogP contribution in [0.1, 0.15) is 78.6 Å². The predicted octanol–water partition coefficient (Wildman–Crippen LogP) is 4.76. The Labute approximate surface area is 109 Å². The lowest BCUT2D eigenvalue weighted by Crippen LogP contribution is -2.33. The minimum atomic E-state index is 0.815. The normalized spacial score (nSPS) is 27.7. The average molecular weight is 239 g/mol. The van der Waals surface area contributed by atoms with Crippen molar-refractivity contribution in [3.63, 3.8) is 0 Å². The quantitative estimate of drug-likeness (QED) is 0.632. The van der Waals surface area contributed by atoms with Gasteiger partial charge in [0.2, 0.25) is 0 Å². The SMILES string of the molecule is CCCCC(CC)CNC1CCCC(C)CC1. The van der Waals surface area contributed by atoms with E-state index in [0.717, 1.165) is 17.9 Å². The molecule has 0 spiro atoms. The number of nitrogens with one attached hydrogen (secondary N) is 1. The van der Waals surface area contributed by atoms with Gasteiger partial charge in [-0.15, -0.1) is 0 Å². The molecular formula is C16H33N. The molecule has 0 radical (unpaired) electrons. The van der Waals surface area contributed by atoms with Crippen LogP contribution in [0.15, 0.2) is 0 Å². The molecule has 3 atom stereocenters. The molecule has 1 aliphatic rings. The third-order valence-electron chi connectivity index (χ3n) is 4.50. The Morgan fingerprint density at radius 2 is 1.94 bits per heavy atom. The summed E-state index contributed by atoms with van der Waals surface area (Å²) in [6.45, 7) is 8.32. The third kappa shape index (κ3) is 6.45. The predicted molar refractivity (Wildman–Crippen MR) is 77.3 cm³/mol. The highest BCUT2D eigenvalue weighted by molar-refractivity contribution is 4.74. The molecule has 17 heavy (non-hydrogen) atoms. The molecule has 1 heteroatoms. The fourth-order valence-corrected chi connectivity index (χ4v) is 2.97. The van der Waals surface area contributed by atoms with E-state index in [1.165, 1.54) is 64.3 Å². The van der Waals surface area contributed by atoms with Gasteiger partial charge in [-0.3, -0.25) is 0 Å². The van der Waals surface area contributed by atoms with E-state index in [0.29, 0.717) is 0 Å². The van der Waals surface area contributed by atoms with Crippen molar-refractivity contribution < 1.29 is 0 Å². The molecule has 102 valence electrons. The Hall–Kier alpha value is -0.0400. The Balaban J connectivity index is 2.18. The minimum Gasteiger partial charge on any atom is -0.314 e. The molecule has 1 rings (SSSR count). The van der Waals surface area contributed by atoms with Gasteiger partial charge in [0.25, 0.3) is 0 Å². The Morgan fingerprint density at radius 3 is 2.65 bits per heavy atom. The fraction of sp³-hybridized carbons (Fsp3) is 1.00. The van der Waals surface area contributed by atoms with Crippen LogP contribution in [0, 0.1) is 11.8 Å². The molecule has 1 saturated carbocycles. The van der Waals surface area contributed by atoms with Crippen LogP contribution in [0.5, 0.6) is 0 Å². The van der Waals surface area contributed by atoms with E-state index in [-0.39, 0.29) is 0 Å². The first-order valence-corrected chi connectivity index (χ1v) is 7.99. The second-order valence-electron chi connectivity index (χ2n) is 6.14. The van der Waals surface area contributed by atoms with Crippen molar-refractivity contribution in [2.75, 3.05) is 6.54 Å². The van der Waals surface area contributed by atoms with Crippen LogP contribution in [0.3, 0.4) is 0 Å². The lowest BCUT2D eigenvalue weighted by Gasteiger charge is -2.21. The van der Waals surface area contributed by atoms with Gasteiger partial charge in [-0.2, -0.15) is 0 Å². The highest BCUT2D eigenvalue weighted by atomic mass is 14.9. The summed E-state index contributed by atoms with van der Waals surface area (Å²) in [6.07, 6.45) is 12.7. The van der Waals surface area contributed by atoms with E-state index in [1.54, 1.807) is 0 Å². The highest BCUT2D eigenvalue weighted by Gasteiger charge is 2.16. The van der Waals surface area contributed by atoms with Crippen molar-refractivity contribution in [1.82, 2.24) is 5.32 Å². The summed E-state index contributed by atoms with van der Waals surface area (Å²) in [5.74, 6) is 1.87. The standard InChI is InChI=1S/C16H33N/c1-4-6-9-15(5-2)13-17-16-10-7-8-14(3)11-12-16/h14-17H,4-13H2,1-3H3. The first-order valence-electron chi connectivity index (χ1n) is 7.99. The first-order chi connectivity index (χ1) is 8.26. The van der Waals surface area contributed by atoms with Crippen molar-refractivity contribution in [1.29, 1.82) is 0 Å². The molecule has 1 fully saturated rings. The Kier molecular flexibility index (Phi) is 7.92. The van der Waals surface area contributed by atoms with Gasteiger partial charge in [-0.25, -0.2) is 0 Å². The molecule has 0 bridgehead atoms. The summed E-state index contributed by atoms with van der Waals surface area (Å²) in [6, 6.07) is 0.815. The smallest absolute Gasteiger partial charge is 0.00672 e. The van der Waals surface area contributed by atoms with Crippen LogP contribution in [-0.2, 0) is 0 Å². The molecule has 0 amide bonds. The Bertz CT molecular complexity index is 178. The van der Waals surface area contributed by atoms with Crippen LogP contribution in [-0.4, -0.2) is 12.6 Å². The Morgan fingerprint density at radius 1 is 1.12 bits per heavy atom. The monoisotopic (exact) mass is 239 g/mol. The molecule has 1 nitrogen and oxygen atoms in total. The molecule has 0 aromatic rings. The summed E-state index contributed by atoms with van der Waals surface area (Å²) in [5, 5.41) is 3.84. The van der Waals surface area contributed by atoms with Gasteiger partial charge < -0.3 is 5.32 Å². The van der Waals surface area contributed by atoms with E-state index < -0.39 is 0 Å². The van der Waals surface area contributed by atoms with Gasteiger partial charge in [0.15, 0.2) is 0 Å². The molecule has 0 aromatic heterocycles. The average Bonchev–Trinajstić information content (AvgIpc) is 2.54. The number of hydrogen-bond acceptors (Lipinski definition) is 1. The second kappa shape index (κ2) is 8.97. The van der Waals surface area contributed by atoms with E-state index in [9.17, 15) is 0 Å².